The first-order valence-corrected chi connectivity index (χ1v) is 3.60. The largest absolute Gasteiger partial charge is 0.352 e. The standard InChI is InChI=1S/C5H7N3OS/c1-4-7-8-5(10-4)2-6-3-9/h3H,2H2,1H3,(H,6,9). The van der Waals surface area contributed by atoms with Crippen LogP contribution in [-0.4, -0.2) is 16.6 Å². The molecule has 0 atom stereocenters. The van der Waals surface area contributed by atoms with E-state index in [2.05, 4.69) is 15.5 Å². The number of amides is 1. The molecule has 0 spiro atoms. The van der Waals surface area contributed by atoms with Crippen molar-refractivity contribution < 1.29 is 4.79 Å². The fourth-order valence-corrected chi connectivity index (χ4v) is 1.20. The third-order valence-corrected chi connectivity index (χ3v) is 1.74. The number of hydrogen-bond acceptors (Lipinski definition) is 4. The summed E-state index contributed by atoms with van der Waals surface area (Å²) in [4.78, 5) is 9.83. The van der Waals surface area contributed by atoms with Gasteiger partial charge in [0, 0.05) is 0 Å². The van der Waals surface area contributed by atoms with Crippen molar-refractivity contribution in [2.24, 2.45) is 0 Å². The van der Waals surface area contributed by atoms with Gasteiger partial charge in [-0.2, -0.15) is 0 Å². The number of nitrogens with one attached hydrogen (secondary N) is 1. The number of nitrogens with zero attached hydrogens (tertiary/aromatic N) is 2. The second kappa shape index (κ2) is 3.26. The molecule has 54 valence electrons. The molecule has 0 aromatic carbocycles. The minimum Gasteiger partial charge on any atom is -0.352 e. The van der Waals surface area contributed by atoms with E-state index in [1.54, 1.807) is 0 Å². The molecule has 10 heavy (non-hydrogen) atoms. The smallest absolute Gasteiger partial charge is 0.207 e. The Morgan fingerprint density at radius 2 is 2.50 bits per heavy atom. The van der Waals surface area contributed by atoms with Crippen molar-refractivity contribution in [2.75, 3.05) is 0 Å². The van der Waals surface area contributed by atoms with Crippen LogP contribution in [0.2, 0.25) is 0 Å². The molecule has 1 rings (SSSR count). The van der Waals surface area contributed by atoms with Gasteiger partial charge in [-0.15, -0.1) is 10.2 Å². The molecule has 1 N–H and O–H groups in total. The Balaban J connectivity index is 2.49. The molecule has 1 aromatic rings. The highest BCUT2D eigenvalue weighted by Gasteiger charge is 1.96. The topological polar surface area (TPSA) is 54.9 Å². The fourth-order valence-electron chi connectivity index (χ4n) is 0.538. The van der Waals surface area contributed by atoms with Crippen LogP contribution < -0.4 is 5.32 Å². The van der Waals surface area contributed by atoms with E-state index in [4.69, 9.17) is 0 Å². The molecule has 1 amide bonds. The number of rotatable bonds is 3. The van der Waals surface area contributed by atoms with Gasteiger partial charge < -0.3 is 5.32 Å². The van der Waals surface area contributed by atoms with Crippen LogP contribution in [0.1, 0.15) is 10.0 Å². The molecule has 0 bridgehead atoms. The van der Waals surface area contributed by atoms with Crippen LogP contribution in [0.3, 0.4) is 0 Å². The van der Waals surface area contributed by atoms with Gasteiger partial charge in [-0.25, -0.2) is 0 Å². The second-order valence-electron chi connectivity index (χ2n) is 1.71. The van der Waals surface area contributed by atoms with E-state index in [0.717, 1.165) is 10.0 Å². The van der Waals surface area contributed by atoms with Gasteiger partial charge in [0.25, 0.3) is 0 Å². The van der Waals surface area contributed by atoms with Crippen LogP contribution >= 0.6 is 11.3 Å². The van der Waals surface area contributed by atoms with E-state index in [-0.39, 0.29) is 0 Å². The third-order valence-electron chi connectivity index (χ3n) is 0.904. The molecule has 4 nitrogen and oxygen atoms in total. The summed E-state index contributed by atoms with van der Waals surface area (Å²) in [5.41, 5.74) is 0. The van der Waals surface area contributed by atoms with Crippen LogP contribution in [0.15, 0.2) is 0 Å². The zero-order valence-corrected chi connectivity index (χ0v) is 6.31. The maximum atomic E-state index is 9.83. The minimum absolute atomic E-state index is 0.481. The van der Waals surface area contributed by atoms with Crippen LogP contribution in [0, 0.1) is 6.92 Å². The Morgan fingerprint density at radius 1 is 1.70 bits per heavy atom. The van der Waals surface area contributed by atoms with E-state index in [1.165, 1.54) is 11.3 Å². The van der Waals surface area contributed by atoms with Crippen molar-refractivity contribution in [1.29, 1.82) is 0 Å². The number of carbonyl (C=O) groups is 1. The Hall–Kier alpha value is -0.970. The minimum atomic E-state index is 0.481. The summed E-state index contributed by atoms with van der Waals surface area (Å²) in [5.74, 6) is 0. The summed E-state index contributed by atoms with van der Waals surface area (Å²) in [6.07, 6.45) is 0.650. The van der Waals surface area contributed by atoms with Gasteiger partial charge >= 0.3 is 0 Å². The van der Waals surface area contributed by atoms with Crippen LogP contribution in [0.25, 0.3) is 0 Å². The molecule has 0 saturated heterocycles. The highest BCUT2D eigenvalue weighted by molar-refractivity contribution is 7.11. The molecular formula is C5H7N3OS. The average molecular weight is 157 g/mol. The predicted octanol–water partition coefficient (Wildman–Crippen LogP) is 0.0925. The van der Waals surface area contributed by atoms with Gasteiger partial charge in [-0.3, -0.25) is 4.79 Å². The average Bonchev–Trinajstić information content (AvgIpc) is 2.31. The van der Waals surface area contributed by atoms with Crippen LogP contribution in [0.5, 0.6) is 0 Å². The molecule has 1 aromatic heterocycles. The number of aryl methyl sites for hydroxylation is 1. The van der Waals surface area contributed by atoms with Crippen molar-refractivity contribution >= 4 is 17.7 Å². The molecule has 0 saturated carbocycles. The second-order valence-corrected chi connectivity index (χ2v) is 2.98. The molecule has 0 aliphatic rings. The molecule has 0 aliphatic carbocycles. The molecule has 1 heterocycles. The number of carbonyl (C=O) groups excluding carboxylic acids is 1. The van der Waals surface area contributed by atoms with Gasteiger partial charge in [-0.1, -0.05) is 11.3 Å². The Morgan fingerprint density at radius 3 is 3.00 bits per heavy atom. The van der Waals surface area contributed by atoms with Crippen molar-refractivity contribution in [3.8, 4) is 0 Å². The van der Waals surface area contributed by atoms with E-state index >= 15 is 0 Å². The quantitative estimate of drug-likeness (QED) is 0.633. The zero-order valence-electron chi connectivity index (χ0n) is 5.50. The predicted molar refractivity (Wildman–Crippen MR) is 37.5 cm³/mol. The normalized spacial score (nSPS) is 9.30. The monoisotopic (exact) mass is 157 g/mol. The summed E-state index contributed by atoms with van der Waals surface area (Å²) in [7, 11) is 0. The van der Waals surface area contributed by atoms with Crippen LogP contribution in [-0.2, 0) is 11.3 Å². The Kier molecular flexibility index (Phi) is 2.33. The van der Waals surface area contributed by atoms with E-state index in [0.29, 0.717) is 13.0 Å². The van der Waals surface area contributed by atoms with Gasteiger partial charge in [0.1, 0.15) is 10.0 Å². The van der Waals surface area contributed by atoms with Crippen molar-refractivity contribution in [1.82, 2.24) is 15.5 Å². The van der Waals surface area contributed by atoms with Gasteiger partial charge in [0.15, 0.2) is 0 Å². The first-order valence-electron chi connectivity index (χ1n) is 2.79. The van der Waals surface area contributed by atoms with Gasteiger partial charge in [0.2, 0.25) is 6.41 Å². The maximum Gasteiger partial charge on any atom is 0.207 e. The summed E-state index contributed by atoms with van der Waals surface area (Å²) >= 11 is 1.48. The van der Waals surface area contributed by atoms with E-state index in [9.17, 15) is 4.79 Å². The molecule has 0 aliphatic heterocycles. The fraction of sp³-hybridized carbons (Fsp3) is 0.400. The SMILES string of the molecule is Cc1nnc(CNC=O)s1. The first-order chi connectivity index (χ1) is 4.83. The molecule has 0 radical (unpaired) electrons. The maximum absolute atomic E-state index is 9.83. The van der Waals surface area contributed by atoms with E-state index in [1.807, 2.05) is 6.92 Å². The zero-order chi connectivity index (χ0) is 7.40. The summed E-state index contributed by atoms with van der Waals surface area (Å²) in [6.45, 7) is 2.36. The molecule has 0 fully saturated rings. The van der Waals surface area contributed by atoms with Gasteiger partial charge in [0.05, 0.1) is 6.54 Å². The highest BCUT2D eigenvalue weighted by Crippen LogP contribution is 2.06. The molecule has 5 heteroatoms. The number of aromatic nitrogens is 2. The summed E-state index contributed by atoms with van der Waals surface area (Å²) in [5, 5.41) is 11.8. The Labute approximate surface area is 62.3 Å². The highest BCUT2D eigenvalue weighted by atomic mass is 32.1. The molecule has 0 unspecified atom stereocenters. The number of hydrogen-bond donors (Lipinski definition) is 1. The lowest BCUT2D eigenvalue weighted by Gasteiger charge is -1.87. The van der Waals surface area contributed by atoms with E-state index < -0.39 is 0 Å². The third kappa shape index (κ3) is 1.77. The summed E-state index contributed by atoms with van der Waals surface area (Å²) in [6, 6.07) is 0. The summed E-state index contributed by atoms with van der Waals surface area (Å²) < 4.78 is 0. The lowest BCUT2D eigenvalue weighted by atomic mass is 10.7. The lowest BCUT2D eigenvalue weighted by molar-refractivity contribution is -0.109. The van der Waals surface area contributed by atoms with Crippen molar-refractivity contribution in [3.05, 3.63) is 10.0 Å². The van der Waals surface area contributed by atoms with Gasteiger partial charge in [-0.05, 0) is 6.92 Å². The van der Waals surface area contributed by atoms with Crippen molar-refractivity contribution in [3.63, 3.8) is 0 Å². The first kappa shape index (κ1) is 7.14. The Bertz CT molecular complexity index is 222. The van der Waals surface area contributed by atoms with Crippen LogP contribution in [0.4, 0.5) is 0 Å². The molecular weight excluding hydrogens is 150 g/mol. The lowest BCUT2D eigenvalue weighted by Crippen LogP contribution is -2.09. The van der Waals surface area contributed by atoms with Crippen molar-refractivity contribution in [2.45, 2.75) is 13.5 Å².